The minimum Gasteiger partial charge on any atom is -0.378 e. The van der Waals surface area contributed by atoms with Gasteiger partial charge in [0.25, 0.3) is 11.8 Å². The van der Waals surface area contributed by atoms with Crippen molar-refractivity contribution in [1.82, 2.24) is 5.01 Å². The summed E-state index contributed by atoms with van der Waals surface area (Å²) in [4.78, 5) is 27.3. The Labute approximate surface area is 141 Å². The number of carbonyl (C=O) groups excluding carboxylic acids is 2. The smallest absolute Gasteiger partial charge is 0.254 e. The molecule has 2 bridgehead atoms. The van der Waals surface area contributed by atoms with Crippen LogP contribution in [0.4, 0.5) is 5.69 Å². The average molecular weight is 323 g/mol. The maximum Gasteiger partial charge on any atom is 0.254 e. The van der Waals surface area contributed by atoms with Gasteiger partial charge in [0.2, 0.25) is 0 Å². The summed E-state index contributed by atoms with van der Waals surface area (Å²) in [6.45, 7) is 0. The lowest BCUT2D eigenvalue weighted by Crippen LogP contribution is -2.38. The molecular weight excluding hydrogens is 302 g/mol. The number of imide groups is 1. The lowest BCUT2D eigenvalue weighted by atomic mass is 9.63. The number of carbonyl (C=O) groups is 2. The van der Waals surface area contributed by atoms with Crippen molar-refractivity contribution in [3.63, 3.8) is 0 Å². The van der Waals surface area contributed by atoms with Crippen molar-refractivity contribution < 1.29 is 9.59 Å². The SMILES string of the molecule is CN(C)c1ccc(/C=N\N2C(=O)[C@@H]3[C@H](C2=O)[C@@H]2C=C[C@@H]3CC2)cc1. The molecule has 1 aromatic rings. The average Bonchev–Trinajstić information content (AvgIpc) is 2.87. The molecule has 0 radical (unpaired) electrons. The number of hydrogen-bond donors (Lipinski definition) is 0. The van der Waals surface area contributed by atoms with Crippen LogP contribution in [0.1, 0.15) is 18.4 Å². The van der Waals surface area contributed by atoms with E-state index < -0.39 is 0 Å². The Bertz CT molecular complexity index is 703. The van der Waals surface area contributed by atoms with Crippen LogP contribution in [0.25, 0.3) is 0 Å². The Morgan fingerprint density at radius 1 is 1.00 bits per heavy atom. The molecule has 5 nitrogen and oxygen atoms in total. The van der Waals surface area contributed by atoms with Crippen molar-refractivity contribution in [3.05, 3.63) is 42.0 Å². The van der Waals surface area contributed by atoms with Crippen molar-refractivity contribution in [2.45, 2.75) is 12.8 Å². The van der Waals surface area contributed by atoms with Gasteiger partial charge >= 0.3 is 0 Å². The predicted octanol–water partition coefficient (Wildman–Crippen LogP) is 2.28. The van der Waals surface area contributed by atoms with Gasteiger partial charge in [0.05, 0.1) is 18.1 Å². The highest BCUT2D eigenvalue weighted by Crippen LogP contribution is 2.49. The largest absolute Gasteiger partial charge is 0.378 e. The zero-order valence-corrected chi connectivity index (χ0v) is 13.9. The van der Waals surface area contributed by atoms with Gasteiger partial charge in [0, 0.05) is 19.8 Å². The van der Waals surface area contributed by atoms with E-state index in [0.717, 1.165) is 29.1 Å². The van der Waals surface area contributed by atoms with E-state index in [1.54, 1.807) is 6.21 Å². The van der Waals surface area contributed by atoms with Gasteiger partial charge in [0.15, 0.2) is 0 Å². The maximum atomic E-state index is 12.7. The zero-order valence-electron chi connectivity index (χ0n) is 13.9. The zero-order chi connectivity index (χ0) is 16.8. The van der Waals surface area contributed by atoms with Gasteiger partial charge in [-0.15, -0.1) is 0 Å². The van der Waals surface area contributed by atoms with Crippen LogP contribution < -0.4 is 4.90 Å². The minimum atomic E-state index is -0.200. The molecule has 1 aliphatic heterocycles. The Morgan fingerprint density at radius 3 is 2.00 bits per heavy atom. The van der Waals surface area contributed by atoms with E-state index in [2.05, 4.69) is 17.3 Å². The molecule has 2 amide bonds. The number of benzene rings is 1. The molecule has 0 N–H and O–H groups in total. The van der Waals surface area contributed by atoms with E-state index in [-0.39, 0.29) is 35.5 Å². The van der Waals surface area contributed by atoms with Crippen LogP contribution in [0.3, 0.4) is 0 Å². The molecule has 0 spiro atoms. The lowest BCUT2D eigenvalue weighted by Gasteiger charge is -2.37. The molecule has 5 rings (SSSR count). The number of allylic oxidation sites excluding steroid dienone is 2. The van der Waals surface area contributed by atoms with Crippen molar-refractivity contribution in [2.75, 3.05) is 19.0 Å². The molecule has 4 atom stereocenters. The first-order chi connectivity index (χ1) is 11.6. The Kier molecular flexibility index (Phi) is 3.52. The summed E-state index contributed by atoms with van der Waals surface area (Å²) in [6, 6.07) is 7.84. The fourth-order valence-electron chi connectivity index (χ4n) is 4.16. The second kappa shape index (κ2) is 5.58. The summed E-state index contributed by atoms with van der Waals surface area (Å²) in [5, 5.41) is 5.32. The summed E-state index contributed by atoms with van der Waals surface area (Å²) in [5.74, 6) is -0.258. The third-order valence-corrected chi connectivity index (χ3v) is 5.47. The summed E-state index contributed by atoms with van der Waals surface area (Å²) < 4.78 is 0. The van der Waals surface area contributed by atoms with Crippen LogP contribution in [-0.4, -0.2) is 37.1 Å². The molecule has 2 fully saturated rings. The monoisotopic (exact) mass is 323 g/mol. The van der Waals surface area contributed by atoms with Crippen molar-refractivity contribution in [2.24, 2.45) is 28.8 Å². The van der Waals surface area contributed by atoms with E-state index in [9.17, 15) is 9.59 Å². The van der Waals surface area contributed by atoms with Gasteiger partial charge in [-0.2, -0.15) is 10.1 Å². The maximum absolute atomic E-state index is 12.7. The van der Waals surface area contributed by atoms with Crippen LogP contribution in [0.15, 0.2) is 41.5 Å². The van der Waals surface area contributed by atoms with Crippen LogP contribution >= 0.6 is 0 Å². The van der Waals surface area contributed by atoms with Gasteiger partial charge in [-0.1, -0.05) is 24.3 Å². The van der Waals surface area contributed by atoms with Gasteiger partial charge < -0.3 is 4.90 Å². The number of nitrogens with zero attached hydrogens (tertiary/aromatic N) is 3. The number of hydrogen-bond acceptors (Lipinski definition) is 4. The van der Waals surface area contributed by atoms with E-state index in [1.165, 1.54) is 0 Å². The third-order valence-electron chi connectivity index (χ3n) is 5.47. The summed E-state index contributed by atoms with van der Waals surface area (Å²) in [5.41, 5.74) is 1.96. The lowest BCUT2D eigenvalue weighted by molar-refractivity contribution is -0.140. The predicted molar refractivity (Wildman–Crippen MR) is 92.6 cm³/mol. The molecule has 4 aliphatic rings. The third kappa shape index (κ3) is 2.27. The van der Waals surface area contributed by atoms with Gasteiger partial charge in [0.1, 0.15) is 0 Å². The Balaban J connectivity index is 1.55. The van der Waals surface area contributed by atoms with Crippen LogP contribution in [0, 0.1) is 23.7 Å². The van der Waals surface area contributed by atoms with Crippen molar-refractivity contribution >= 4 is 23.7 Å². The number of hydrazone groups is 1. The van der Waals surface area contributed by atoms with E-state index >= 15 is 0 Å². The molecule has 1 saturated heterocycles. The van der Waals surface area contributed by atoms with Crippen LogP contribution in [0.5, 0.6) is 0 Å². The summed E-state index contributed by atoms with van der Waals surface area (Å²) in [6.07, 6.45) is 7.85. The molecule has 24 heavy (non-hydrogen) atoms. The Hall–Kier alpha value is -2.43. The first kappa shape index (κ1) is 15.1. The molecule has 0 aromatic heterocycles. The number of rotatable bonds is 3. The van der Waals surface area contributed by atoms with Gasteiger partial charge in [-0.05, 0) is 42.4 Å². The van der Waals surface area contributed by atoms with Crippen molar-refractivity contribution in [3.8, 4) is 0 Å². The second-order valence-corrected chi connectivity index (χ2v) is 7.06. The van der Waals surface area contributed by atoms with Crippen LogP contribution in [-0.2, 0) is 9.59 Å². The second-order valence-electron chi connectivity index (χ2n) is 7.06. The van der Waals surface area contributed by atoms with E-state index in [4.69, 9.17) is 0 Å². The van der Waals surface area contributed by atoms with E-state index in [0.29, 0.717) is 0 Å². The topological polar surface area (TPSA) is 53.0 Å². The first-order valence-corrected chi connectivity index (χ1v) is 8.44. The summed E-state index contributed by atoms with van der Waals surface area (Å²) >= 11 is 0. The number of fused-ring (bicyclic) bond motifs is 1. The summed E-state index contributed by atoms with van der Waals surface area (Å²) in [7, 11) is 3.96. The fourth-order valence-corrected chi connectivity index (χ4v) is 4.16. The number of amides is 2. The van der Waals surface area contributed by atoms with Gasteiger partial charge in [-0.3, -0.25) is 9.59 Å². The molecule has 124 valence electrons. The Morgan fingerprint density at radius 2 is 1.54 bits per heavy atom. The van der Waals surface area contributed by atoms with Crippen LogP contribution in [0.2, 0.25) is 0 Å². The highest BCUT2D eigenvalue weighted by atomic mass is 16.2. The molecular formula is C19H21N3O2. The van der Waals surface area contributed by atoms with E-state index in [1.807, 2.05) is 43.3 Å². The highest BCUT2D eigenvalue weighted by molar-refractivity contribution is 6.06. The van der Waals surface area contributed by atoms with Gasteiger partial charge in [-0.25, -0.2) is 0 Å². The minimum absolute atomic E-state index is 0.134. The molecule has 5 heteroatoms. The standard InChI is InChI=1S/C19H21N3O2/c1-21(2)15-9-3-12(4-10-15)11-20-22-18(23)16-13-5-6-14(8-7-13)17(16)19(22)24/h3-6,9-11,13-14,16-17H,7-8H2,1-2H3/b20-11-/t13-,14-,16-,17+/m1/s1. The fraction of sp³-hybridized carbons (Fsp3) is 0.421. The van der Waals surface area contributed by atoms with Crippen molar-refractivity contribution in [1.29, 1.82) is 0 Å². The number of anilines is 1. The molecule has 1 heterocycles. The molecule has 1 saturated carbocycles. The first-order valence-electron chi connectivity index (χ1n) is 8.44. The quantitative estimate of drug-likeness (QED) is 0.487. The molecule has 1 aromatic carbocycles. The highest BCUT2D eigenvalue weighted by Gasteiger charge is 2.56. The normalized spacial score (nSPS) is 31.2. The molecule has 3 aliphatic carbocycles. The molecule has 0 unspecified atom stereocenters.